The first-order valence-corrected chi connectivity index (χ1v) is 5.78. The second-order valence-electron chi connectivity index (χ2n) is 2.87. The zero-order valence-corrected chi connectivity index (χ0v) is 9.36. The summed E-state index contributed by atoms with van der Waals surface area (Å²) >= 11 is 0. The van der Waals surface area contributed by atoms with E-state index in [1.807, 2.05) is 0 Å². The Bertz CT molecular complexity index is 350. The molecule has 0 aliphatic rings. The maximum absolute atomic E-state index is 11.1. The number of carboxylic acid groups (broad SMARTS) is 1. The quantitative estimate of drug-likeness (QED) is 0.284. The number of hydrogen-bond donors (Lipinski definition) is 3. The highest BCUT2D eigenvalue weighted by Crippen LogP contribution is 2.07. The van der Waals surface area contributed by atoms with Crippen molar-refractivity contribution in [3.05, 3.63) is 0 Å². The second-order valence-corrected chi connectivity index (χ2v) is 4.47. The lowest BCUT2D eigenvalue weighted by atomic mass is 10.3. The van der Waals surface area contributed by atoms with E-state index < -0.39 is 33.7 Å². The van der Waals surface area contributed by atoms with Gasteiger partial charge in [0.05, 0.1) is 6.42 Å². The standard InChI is InChI=1S/C7H13NO7S/c1-8-2-3-15-7(11)5(4-6(9)10)16(12,13)14/h5,8H,2-4H2,1H3,(H,9,10)(H,12,13,14). The summed E-state index contributed by atoms with van der Waals surface area (Å²) < 4.78 is 34.5. The van der Waals surface area contributed by atoms with Gasteiger partial charge in [-0.25, -0.2) is 0 Å². The molecule has 16 heavy (non-hydrogen) atoms. The molecule has 9 heteroatoms. The fraction of sp³-hybridized carbons (Fsp3) is 0.714. The lowest BCUT2D eigenvalue weighted by Gasteiger charge is -2.11. The van der Waals surface area contributed by atoms with E-state index in [-0.39, 0.29) is 13.2 Å². The molecule has 0 radical (unpaired) electrons. The first-order valence-electron chi connectivity index (χ1n) is 4.28. The molecular formula is C7H13NO7S. The number of aliphatic carboxylic acids is 1. The first kappa shape index (κ1) is 14.8. The molecule has 3 N–H and O–H groups in total. The van der Waals surface area contributed by atoms with E-state index in [1.165, 1.54) is 0 Å². The van der Waals surface area contributed by atoms with Crippen molar-refractivity contribution in [3.63, 3.8) is 0 Å². The van der Waals surface area contributed by atoms with Crippen molar-refractivity contribution in [3.8, 4) is 0 Å². The Morgan fingerprint density at radius 2 is 2.00 bits per heavy atom. The largest absolute Gasteiger partial charge is 0.481 e. The number of esters is 1. The summed E-state index contributed by atoms with van der Waals surface area (Å²) in [7, 11) is -3.18. The number of ether oxygens (including phenoxy) is 1. The maximum Gasteiger partial charge on any atom is 0.327 e. The van der Waals surface area contributed by atoms with Gasteiger partial charge in [-0.3, -0.25) is 14.1 Å². The summed E-state index contributed by atoms with van der Waals surface area (Å²) in [4.78, 5) is 21.4. The van der Waals surface area contributed by atoms with Crippen LogP contribution in [0, 0.1) is 0 Å². The van der Waals surface area contributed by atoms with Crippen LogP contribution < -0.4 is 5.32 Å². The van der Waals surface area contributed by atoms with Crippen LogP contribution in [0.4, 0.5) is 0 Å². The van der Waals surface area contributed by atoms with Gasteiger partial charge >= 0.3 is 11.9 Å². The summed E-state index contributed by atoms with van der Waals surface area (Å²) in [6.07, 6.45) is -1.03. The van der Waals surface area contributed by atoms with Crippen molar-refractivity contribution in [2.45, 2.75) is 11.7 Å². The van der Waals surface area contributed by atoms with Crippen molar-refractivity contribution in [1.82, 2.24) is 5.32 Å². The highest BCUT2D eigenvalue weighted by atomic mass is 32.2. The summed E-state index contributed by atoms with van der Waals surface area (Å²) in [6.45, 7) is 0.179. The number of carbonyl (C=O) groups excluding carboxylic acids is 1. The van der Waals surface area contributed by atoms with Crippen LogP contribution in [-0.2, 0) is 24.4 Å². The van der Waals surface area contributed by atoms with E-state index >= 15 is 0 Å². The Morgan fingerprint density at radius 3 is 2.38 bits per heavy atom. The Morgan fingerprint density at radius 1 is 1.44 bits per heavy atom. The van der Waals surface area contributed by atoms with Crippen LogP contribution in [0.3, 0.4) is 0 Å². The maximum atomic E-state index is 11.1. The predicted molar refractivity (Wildman–Crippen MR) is 52.5 cm³/mol. The third-order valence-corrected chi connectivity index (χ3v) is 2.66. The number of hydrogen-bond acceptors (Lipinski definition) is 6. The van der Waals surface area contributed by atoms with E-state index in [1.54, 1.807) is 7.05 Å². The molecule has 0 saturated heterocycles. The van der Waals surface area contributed by atoms with Gasteiger partial charge in [0.25, 0.3) is 10.1 Å². The molecule has 0 saturated carbocycles. The van der Waals surface area contributed by atoms with E-state index in [4.69, 9.17) is 9.66 Å². The topological polar surface area (TPSA) is 130 Å². The minimum absolute atomic E-state index is 0.110. The normalized spacial score (nSPS) is 13.1. The molecule has 0 aliphatic carbocycles. The summed E-state index contributed by atoms with van der Waals surface area (Å²) in [6, 6.07) is 0. The third kappa shape index (κ3) is 5.63. The number of rotatable bonds is 7. The molecule has 1 atom stereocenters. The fourth-order valence-electron chi connectivity index (χ4n) is 0.815. The fourth-order valence-corrected chi connectivity index (χ4v) is 1.48. The van der Waals surface area contributed by atoms with Gasteiger partial charge in [0.2, 0.25) is 0 Å². The van der Waals surface area contributed by atoms with Gasteiger partial charge in [-0.05, 0) is 7.05 Å². The van der Waals surface area contributed by atoms with Crippen LogP contribution in [0.5, 0.6) is 0 Å². The Balaban J connectivity index is 4.52. The van der Waals surface area contributed by atoms with Crippen LogP contribution in [0.25, 0.3) is 0 Å². The predicted octanol–water partition coefficient (Wildman–Crippen LogP) is -1.52. The third-order valence-electron chi connectivity index (χ3n) is 1.58. The smallest absolute Gasteiger partial charge is 0.327 e. The highest BCUT2D eigenvalue weighted by Gasteiger charge is 2.34. The SMILES string of the molecule is CNCCOC(=O)C(CC(=O)O)S(=O)(=O)O. The first-order chi connectivity index (χ1) is 7.29. The Hall–Kier alpha value is -1.19. The minimum Gasteiger partial charge on any atom is -0.481 e. The molecule has 0 aliphatic heterocycles. The van der Waals surface area contributed by atoms with Gasteiger partial charge in [-0.15, -0.1) is 0 Å². The lowest BCUT2D eigenvalue weighted by molar-refractivity contribution is -0.147. The van der Waals surface area contributed by atoms with Gasteiger partial charge < -0.3 is 15.2 Å². The number of carbonyl (C=O) groups is 2. The van der Waals surface area contributed by atoms with Crippen LogP contribution in [0.1, 0.15) is 6.42 Å². The average molecular weight is 255 g/mol. The molecule has 0 bridgehead atoms. The van der Waals surface area contributed by atoms with Crippen molar-refractivity contribution in [2.24, 2.45) is 0 Å². The van der Waals surface area contributed by atoms with Crippen molar-refractivity contribution in [2.75, 3.05) is 20.2 Å². The van der Waals surface area contributed by atoms with Crippen molar-refractivity contribution >= 4 is 22.1 Å². The average Bonchev–Trinajstić information content (AvgIpc) is 2.12. The number of nitrogens with one attached hydrogen (secondary N) is 1. The lowest BCUT2D eigenvalue weighted by Crippen LogP contribution is -2.35. The van der Waals surface area contributed by atoms with Crippen LogP contribution in [-0.4, -0.2) is 55.5 Å². The molecule has 0 aromatic carbocycles. The molecule has 0 fully saturated rings. The summed E-state index contributed by atoms with van der Waals surface area (Å²) in [5.41, 5.74) is 0. The van der Waals surface area contributed by atoms with Gasteiger partial charge in [0.1, 0.15) is 6.61 Å². The van der Waals surface area contributed by atoms with Crippen LogP contribution in [0.2, 0.25) is 0 Å². The molecular weight excluding hydrogens is 242 g/mol. The van der Waals surface area contributed by atoms with Gasteiger partial charge in [0.15, 0.2) is 5.25 Å². The summed E-state index contributed by atoms with van der Waals surface area (Å²) in [5, 5.41) is 8.93. The molecule has 0 aromatic heterocycles. The zero-order valence-electron chi connectivity index (χ0n) is 8.54. The van der Waals surface area contributed by atoms with Crippen LogP contribution in [0.15, 0.2) is 0 Å². The Labute approximate surface area is 92.3 Å². The summed E-state index contributed by atoms with van der Waals surface area (Å²) in [5.74, 6) is -2.80. The monoisotopic (exact) mass is 255 g/mol. The highest BCUT2D eigenvalue weighted by molar-refractivity contribution is 7.87. The molecule has 94 valence electrons. The van der Waals surface area contributed by atoms with E-state index in [2.05, 4.69) is 10.1 Å². The minimum atomic E-state index is -4.77. The molecule has 0 amide bonds. The van der Waals surface area contributed by atoms with Crippen molar-refractivity contribution < 1.29 is 32.4 Å². The van der Waals surface area contributed by atoms with E-state index in [0.717, 1.165) is 0 Å². The van der Waals surface area contributed by atoms with Gasteiger partial charge in [0, 0.05) is 6.54 Å². The van der Waals surface area contributed by atoms with E-state index in [9.17, 15) is 18.0 Å². The zero-order chi connectivity index (χ0) is 12.8. The molecule has 0 aromatic rings. The van der Waals surface area contributed by atoms with Gasteiger partial charge in [-0.1, -0.05) is 0 Å². The van der Waals surface area contributed by atoms with Gasteiger partial charge in [-0.2, -0.15) is 8.42 Å². The molecule has 0 heterocycles. The van der Waals surface area contributed by atoms with Crippen molar-refractivity contribution in [1.29, 1.82) is 0 Å². The number of carboxylic acids is 1. The second kappa shape index (κ2) is 6.40. The molecule has 0 rings (SSSR count). The molecule has 1 unspecified atom stereocenters. The molecule has 0 spiro atoms. The number of likely N-dealkylation sites (N-methyl/N-ethyl adjacent to an activating group) is 1. The molecule has 8 nitrogen and oxygen atoms in total. The van der Waals surface area contributed by atoms with E-state index in [0.29, 0.717) is 0 Å². The van der Waals surface area contributed by atoms with Crippen LogP contribution >= 0.6 is 0 Å². The Kier molecular flexibility index (Phi) is 5.93.